The van der Waals surface area contributed by atoms with E-state index in [1.54, 1.807) is 6.07 Å². The highest BCUT2D eigenvalue weighted by Gasteiger charge is 2.14. The van der Waals surface area contributed by atoms with E-state index in [2.05, 4.69) is 15.6 Å². The second kappa shape index (κ2) is 6.14. The molecule has 0 aliphatic carbocycles. The summed E-state index contributed by atoms with van der Waals surface area (Å²) >= 11 is 0. The summed E-state index contributed by atoms with van der Waals surface area (Å²) in [6.07, 6.45) is 1.08. The van der Waals surface area contributed by atoms with Crippen molar-refractivity contribution in [2.75, 3.05) is 17.2 Å². The van der Waals surface area contributed by atoms with Gasteiger partial charge in [-0.25, -0.2) is 9.37 Å². The minimum absolute atomic E-state index is 0.188. The fraction of sp³-hybridized carbons (Fsp3) is 0.200. The smallest absolute Gasteiger partial charge is 0.259 e. The lowest BCUT2D eigenvalue weighted by Crippen LogP contribution is -2.16. The van der Waals surface area contributed by atoms with Gasteiger partial charge in [0, 0.05) is 12.2 Å². The molecule has 1 aromatic heterocycles. The number of nitrogens with one attached hydrogen (secondary N) is 2. The van der Waals surface area contributed by atoms with E-state index in [0.717, 1.165) is 11.8 Å². The number of rotatable bonds is 4. The number of anilines is 2. The summed E-state index contributed by atoms with van der Waals surface area (Å²) in [5.41, 5.74) is 1.89. The number of carbonyl (C=O) groups excluding carboxylic acids is 1. The van der Waals surface area contributed by atoms with Crippen molar-refractivity contribution in [2.45, 2.75) is 13.8 Å². The number of amides is 1. The number of aromatic nitrogens is 1. The quantitative estimate of drug-likeness (QED) is 0.899. The molecule has 0 fully saturated rings. The van der Waals surface area contributed by atoms with Crippen LogP contribution in [-0.2, 0) is 0 Å². The van der Waals surface area contributed by atoms with Gasteiger partial charge in [0.2, 0.25) is 0 Å². The van der Waals surface area contributed by atoms with Gasteiger partial charge in [0.25, 0.3) is 5.91 Å². The van der Waals surface area contributed by atoms with Gasteiger partial charge in [0.15, 0.2) is 0 Å². The van der Waals surface area contributed by atoms with Crippen molar-refractivity contribution < 1.29 is 9.18 Å². The van der Waals surface area contributed by atoms with Crippen molar-refractivity contribution in [3.8, 4) is 0 Å². The Morgan fingerprint density at radius 1 is 1.35 bits per heavy atom. The molecule has 2 aromatic rings. The Hall–Kier alpha value is -2.43. The first-order valence-electron chi connectivity index (χ1n) is 6.37. The van der Waals surface area contributed by atoms with Crippen LogP contribution in [0.25, 0.3) is 0 Å². The molecule has 1 aromatic carbocycles. The molecular weight excluding hydrogens is 257 g/mol. The number of halogens is 1. The first kappa shape index (κ1) is 14.0. The minimum Gasteiger partial charge on any atom is -0.370 e. The van der Waals surface area contributed by atoms with Gasteiger partial charge in [0.05, 0.1) is 11.8 Å². The number of carbonyl (C=O) groups is 1. The Bertz CT molecular complexity index is 628. The molecule has 4 nitrogen and oxygen atoms in total. The molecular formula is C15H16FN3O. The Balaban J connectivity index is 2.26. The molecule has 0 aliphatic heterocycles. The number of aryl methyl sites for hydroxylation is 1. The van der Waals surface area contributed by atoms with Gasteiger partial charge in [-0.2, -0.15) is 0 Å². The molecule has 1 heterocycles. The fourth-order valence-corrected chi connectivity index (χ4v) is 1.84. The van der Waals surface area contributed by atoms with Crippen LogP contribution in [0.2, 0.25) is 0 Å². The lowest BCUT2D eigenvalue weighted by atomic mass is 10.2. The van der Waals surface area contributed by atoms with E-state index in [1.165, 1.54) is 6.07 Å². The third-order valence-electron chi connectivity index (χ3n) is 2.72. The zero-order valence-electron chi connectivity index (χ0n) is 11.4. The maximum absolute atomic E-state index is 13.3. The van der Waals surface area contributed by atoms with E-state index in [1.807, 2.05) is 32.0 Å². The van der Waals surface area contributed by atoms with Crippen LogP contribution in [0, 0.1) is 12.7 Å². The van der Waals surface area contributed by atoms with Gasteiger partial charge < -0.3 is 10.6 Å². The van der Waals surface area contributed by atoms with Crippen molar-refractivity contribution in [3.05, 3.63) is 53.5 Å². The maximum atomic E-state index is 13.3. The molecule has 0 aliphatic rings. The third-order valence-corrected chi connectivity index (χ3v) is 2.72. The van der Waals surface area contributed by atoms with E-state index in [4.69, 9.17) is 0 Å². The molecule has 0 radical (unpaired) electrons. The molecule has 0 unspecified atom stereocenters. The lowest BCUT2D eigenvalue weighted by molar-refractivity contribution is 0.102. The van der Waals surface area contributed by atoms with Crippen molar-refractivity contribution >= 4 is 17.4 Å². The molecule has 0 saturated heterocycles. The summed E-state index contributed by atoms with van der Waals surface area (Å²) in [5, 5.41) is 5.68. The number of pyridine rings is 1. The van der Waals surface area contributed by atoms with Gasteiger partial charge >= 0.3 is 0 Å². The highest BCUT2D eigenvalue weighted by Crippen LogP contribution is 2.17. The first-order valence-corrected chi connectivity index (χ1v) is 6.37. The van der Waals surface area contributed by atoms with Gasteiger partial charge in [-0.3, -0.25) is 4.79 Å². The molecule has 20 heavy (non-hydrogen) atoms. The van der Waals surface area contributed by atoms with Crippen LogP contribution >= 0.6 is 0 Å². The molecule has 2 rings (SSSR count). The maximum Gasteiger partial charge on any atom is 0.259 e. The number of hydrogen-bond acceptors (Lipinski definition) is 3. The molecule has 0 saturated carbocycles. The van der Waals surface area contributed by atoms with Gasteiger partial charge in [0.1, 0.15) is 11.6 Å². The monoisotopic (exact) mass is 273 g/mol. The minimum atomic E-state index is -0.541. The average molecular weight is 273 g/mol. The van der Waals surface area contributed by atoms with Crippen molar-refractivity contribution in [2.24, 2.45) is 0 Å². The SMILES string of the molecule is CCNc1ncc(F)cc1C(=O)Nc1cccc(C)c1. The Labute approximate surface area is 117 Å². The molecule has 104 valence electrons. The van der Waals surface area contributed by atoms with Crippen LogP contribution in [0.15, 0.2) is 36.5 Å². The summed E-state index contributed by atoms with van der Waals surface area (Å²) in [6, 6.07) is 8.58. The molecule has 0 spiro atoms. The normalized spacial score (nSPS) is 10.2. The lowest BCUT2D eigenvalue weighted by Gasteiger charge is -2.10. The number of benzene rings is 1. The van der Waals surface area contributed by atoms with Crippen LogP contribution in [0.4, 0.5) is 15.9 Å². The molecule has 2 N–H and O–H groups in total. The van der Waals surface area contributed by atoms with Crippen LogP contribution in [-0.4, -0.2) is 17.4 Å². The van der Waals surface area contributed by atoms with Crippen molar-refractivity contribution in [3.63, 3.8) is 0 Å². The van der Waals surface area contributed by atoms with Gasteiger partial charge in [-0.05, 0) is 37.6 Å². The van der Waals surface area contributed by atoms with Crippen molar-refractivity contribution in [1.29, 1.82) is 0 Å². The fourth-order valence-electron chi connectivity index (χ4n) is 1.84. The average Bonchev–Trinajstić information content (AvgIpc) is 2.41. The van der Waals surface area contributed by atoms with E-state index in [0.29, 0.717) is 18.1 Å². The second-order valence-electron chi connectivity index (χ2n) is 4.40. The predicted octanol–water partition coefficient (Wildman–Crippen LogP) is 3.21. The Morgan fingerprint density at radius 3 is 2.85 bits per heavy atom. The number of nitrogens with zero attached hydrogens (tertiary/aromatic N) is 1. The van der Waals surface area contributed by atoms with Crippen LogP contribution in [0.5, 0.6) is 0 Å². The van der Waals surface area contributed by atoms with Crippen LogP contribution < -0.4 is 10.6 Å². The topological polar surface area (TPSA) is 54.0 Å². The molecule has 5 heteroatoms. The summed E-state index contributed by atoms with van der Waals surface area (Å²) < 4.78 is 13.3. The van der Waals surface area contributed by atoms with Crippen LogP contribution in [0.1, 0.15) is 22.8 Å². The highest BCUT2D eigenvalue weighted by molar-refractivity contribution is 6.07. The van der Waals surface area contributed by atoms with E-state index in [9.17, 15) is 9.18 Å². The first-order chi connectivity index (χ1) is 9.60. The zero-order chi connectivity index (χ0) is 14.5. The highest BCUT2D eigenvalue weighted by atomic mass is 19.1. The van der Waals surface area contributed by atoms with E-state index >= 15 is 0 Å². The molecule has 1 amide bonds. The van der Waals surface area contributed by atoms with E-state index in [-0.39, 0.29) is 5.56 Å². The van der Waals surface area contributed by atoms with Crippen molar-refractivity contribution in [1.82, 2.24) is 4.98 Å². The summed E-state index contributed by atoms with van der Waals surface area (Å²) in [6.45, 7) is 4.42. The molecule has 0 atom stereocenters. The van der Waals surface area contributed by atoms with E-state index < -0.39 is 11.7 Å². The second-order valence-corrected chi connectivity index (χ2v) is 4.40. The van der Waals surface area contributed by atoms with Gasteiger partial charge in [-0.1, -0.05) is 12.1 Å². The Kier molecular flexibility index (Phi) is 4.30. The standard InChI is InChI=1S/C15H16FN3O/c1-3-17-14-13(8-11(16)9-18-14)15(20)19-12-6-4-5-10(2)7-12/h4-9H,3H2,1-2H3,(H,17,18)(H,19,20). The Morgan fingerprint density at radius 2 is 2.15 bits per heavy atom. The molecule has 0 bridgehead atoms. The van der Waals surface area contributed by atoms with Crippen LogP contribution in [0.3, 0.4) is 0 Å². The summed E-state index contributed by atoms with van der Waals surface area (Å²) in [4.78, 5) is 16.1. The summed E-state index contributed by atoms with van der Waals surface area (Å²) in [7, 11) is 0. The number of hydrogen-bond donors (Lipinski definition) is 2. The van der Waals surface area contributed by atoms with Gasteiger partial charge in [-0.15, -0.1) is 0 Å². The zero-order valence-corrected chi connectivity index (χ0v) is 11.4. The summed E-state index contributed by atoms with van der Waals surface area (Å²) in [5.74, 6) is -0.557. The third kappa shape index (κ3) is 3.32. The predicted molar refractivity (Wildman–Crippen MR) is 77.5 cm³/mol. The largest absolute Gasteiger partial charge is 0.370 e.